The molecular formula is C48H54FN9O7. The number of carboxylic acid groups (broad SMARTS) is 1. The second-order valence-electron chi connectivity index (χ2n) is 18.7. The summed E-state index contributed by atoms with van der Waals surface area (Å²) in [5.41, 5.74) is 1.53. The zero-order valence-electron chi connectivity index (χ0n) is 37.0. The fourth-order valence-electron chi connectivity index (χ4n) is 10.8. The second kappa shape index (κ2) is 17.7. The van der Waals surface area contributed by atoms with Crippen LogP contribution in [0.5, 0.6) is 5.75 Å². The molecule has 4 amide bonds. The summed E-state index contributed by atoms with van der Waals surface area (Å²) in [6, 6.07) is 19.3. The minimum atomic E-state index is -0.905. The predicted octanol–water partition coefficient (Wildman–Crippen LogP) is 6.02. The van der Waals surface area contributed by atoms with Crippen LogP contribution >= 0.6 is 0 Å². The molecule has 340 valence electrons. The molecular weight excluding hydrogens is 834 g/mol. The van der Waals surface area contributed by atoms with Gasteiger partial charge >= 0.3 is 6.03 Å². The SMILES string of the molecule is CC1(C)C(NC(=O)c2ccc(N3CCC(O)(CN4CCC(n5ncc6c(N7CCC(=O)NC7=O)cccc65)CC4)CC3)c(F)c2)C(C)(C)C1Oc1ccc(C#N)c2ncccc12.O=CO. The Balaban J connectivity index is 0.00000187. The van der Waals surface area contributed by atoms with E-state index < -0.39 is 28.3 Å². The number of urea groups is 1. The Hall–Kier alpha value is -6.64. The average molecular weight is 888 g/mol. The Kier molecular flexibility index (Phi) is 12.3. The molecule has 5 aromatic rings. The number of halogens is 1. The molecule has 5 heterocycles. The highest BCUT2D eigenvalue weighted by atomic mass is 19.1. The third-order valence-corrected chi connectivity index (χ3v) is 13.8. The lowest BCUT2D eigenvalue weighted by atomic mass is 9.49. The third-order valence-electron chi connectivity index (χ3n) is 13.8. The first kappa shape index (κ1) is 44.9. The van der Waals surface area contributed by atoms with Crippen molar-refractivity contribution < 1.29 is 38.5 Å². The summed E-state index contributed by atoms with van der Waals surface area (Å²) in [6.07, 6.45) is 6.11. The lowest BCUT2D eigenvalue weighted by Crippen LogP contribution is -2.74. The number of likely N-dealkylation sites (tertiary alicyclic amines) is 1. The van der Waals surface area contributed by atoms with E-state index in [2.05, 4.69) is 26.6 Å². The second-order valence-corrected chi connectivity index (χ2v) is 18.7. The number of fused-ring (bicyclic) bond motifs is 2. The fraction of sp³-hybridized carbons (Fsp3) is 0.438. The van der Waals surface area contributed by atoms with Gasteiger partial charge in [-0.05, 0) is 80.3 Å². The number of hydrogen-bond acceptors (Lipinski definition) is 11. The number of ether oxygens (including phenoxy) is 1. The number of carbonyl (C=O) groups excluding carboxylic acids is 3. The van der Waals surface area contributed by atoms with Crippen molar-refractivity contribution in [1.29, 1.82) is 5.26 Å². The summed E-state index contributed by atoms with van der Waals surface area (Å²) in [6.45, 7) is 11.3. The van der Waals surface area contributed by atoms with Crippen LogP contribution in [0.1, 0.15) is 81.8 Å². The smallest absolute Gasteiger partial charge is 0.328 e. The highest BCUT2D eigenvalue weighted by molar-refractivity contribution is 6.09. The molecule has 4 N–H and O–H groups in total. The van der Waals surface area contributed by atoms with Crippen molar-refractivity contribution >= 4 is 57.5 Å². The minimum absolute atomic E-state index is 0.164. The van der Waals surface area contributed by atoms with Crippen molar-refractivity contribution in [2.75, 3.05) is 49.1 Å². The Morgan fingerprint density at radius 2 is 1.71 bits per heavy atom. The van der Waals surface area contributed by atoms with Gasteiger partial charge < -0.3 is 30.1 Å². The number of nitrogens with zero attached hydrogens (tertiary/aromatic N) is 7. The van der Waals surface area contributed by atoms with Crippen molar-refractivity contribution in [3.63, 3.8) is 0 Å². The van der Waals surface area contributed by atoms with E-state index in [0.29, 0.717) is 61.5 Å². The number of aliphatic hydroxyl groups is 1. The van der Waals surface area contributed by atoms with Crippen LogP contribution in [-0.4, -0.2) is 111 Å². The number of β-amino-alcohol motifs (C(OH)–C–C–N with tert-alkyl or cyclic N) is 1. The topological polar surface area (TPSA) is 206 Å². The molecule has 16 nitrogen and oxygen atoms in total. The number of rotatable bonds is 9. The molecule has 0 bridgehead atoms. The van der Waals surface area contributed by atoms with Crippen LogP contribution in [0.15, 0.2) is 73.1 Å². The molecule has 1 aliphatic carbocycles. The van der Waals surface area contributed by atoms with E-state index >= 15 is 4.39 Å². The number of piperidine rings is 2. The fourth-order valence-corrected chi connectivity index (χ4v) is 10.8. The van der Waals surface area contributed by atoms with Gasteiger partial charge in [0, 0.05) is 85.1 Å². The number of hydrogen-bond donors (Lipinski definition) is 4. The molecule has 2 aromatic heterocycles. The van der Waals surface area contributed by atoms with Crippen LogP contribution in [0.2, 0.25) is 0 Å². The minimum Gasteiger partial charge on any atom is -0.488 e. The molecule has 3 aromatic carbocycles. The summed E-state index contributed by atoms with van der Waals surface area (Å²) in [5.74, 6) is -0.483. The molecule has 0 unspecified atom stereocenters. The third kappa shape index (κ3) is 8.55. The Morgan fingerprint density at radius 3 is 2.38 bits per heavy atom. The van der Waals surface area contributed by atoms with Crippen LogP contribution in [0.25, 0.3) is 21.8 Å². The number of nitrogens with one attached hydrogen (secondary N) is 2. The average Bonchev–Trinajstić information content (AvgIpc) is 3.73. The van der Waals surface area contributed by atoms with Crippen LogP contribution in [0, 0.1) is 28.0 Å². The lowest BCUT2D eigenvalue weighted by molar-refractivity contribution is -0.163. The highest BCUT2D eigenvalue weighted by Crippen LogP contribution is 2.56. The maximum atomic E-state index is 15.8. The van der Waals surface area contributed by atoms with Crippen LogP contribution in [0.4, 0.5) is 20.6 Å². The number of carbonyl (C=O) groups is 4. The maximum absolute atomic E-state index is 15.8. The van der Waals surface area contributed by atoms with Gasteiger partial charge in [0.15, 0.2) is 0 Å². The Bertz CT molecular complexity index is 2660. The summed E-state index contributed by atoms with van der Waals surface area (Å²) in [5, 5.41) is 40.1. The molecule has 3 saturated heterocycles. The van der Waals surface area contributed by atoms with Crippen LogP contribution < -0.4 is 25.2 Å². The summed E-state index contributed by atoms with van der Waals surface area (Å²) >= 11 is 0. The molecule has 0 spiro atoms. The van der Waals surface area contributed by atoms with E-state index in [1.807, 2.05) is 67.6 Å². The zero-order chi connectivity index (χ0) is 46.3. The van der Waals surface area contributed by atoms with E-state index in [0.717, 1.165) is 47.9 Å². The normalized spacial score (nSPS) is 21.7. The monoisotopic (exact) mass is 887 g/mol. The molecule has 4 aliphatic rings. The zero-order valence-corrected chi connectivity index (χ0v) is 37.0. The van der Waals surface area contributed by atoms with E-state index in [-0.39, 0.29) is 48.5 Å². The molecule has 0 radical (unpaired) electrons. The first-order valence-corrected chi connectivity index (χ1v) is 22.0. The van der Waals surface area contributed by atoms with Crippen molar-refractivity contribution in [1.82, 2.24) is 30.3 Å². The van der Waals surface area contributed by atoms with Crippen molar-refractivity contribution in [2.45, 2.75) is 83.6 Å². The van der Waals surface area contributed by atoms with Crippen molar-refractivity contribution in [3.8, 4) is 11.8 Å². The molecule has 0 atom stereocenters. The van der Waals surface area contributed by atoms with E-state index in [4.69, 9.17) is 19.7 Å². The molecule has 3 aliphatic heterocycles. The van der Waals surface area contributed by atoms with E-state index in [1.54, 1.807) is 41.6 Å². The Labute approximate surface area is 375 Å². The molecule has 9 rings (SSSR count). The van der Waals surface area contributed by atoms with Gasteiger partial charge in [-0.3, -0.25) is 34.3 Å². The molecule has 4 fully saturated rings. The largest absolute Gasteiger partial charge is 0.488 e. The number of anilines is 2. The number of nitriles is 1. The molecule has 65 heavy (non-hydrogen) atoms. The van der Waals surface area contributed by atoms with Gasteiger partial charge in [0.2, 0.25) is 5.91 Å². The van der Waals surface area contributed by atoms with Gasteiger partial charge in [-0.15, -0.1) is 0 Å². The van der Waals surface area contributed by atoms with Gasteiger partial charge in [0.05, 0.1) is 45.8 Å². The molecule has 17 heteroatoms. The first-order chi connectivity index (χ1) is 31.1. The number of amides is 4. The van der Waals surface area contributed by atoms with Crippen LogP contribution in [-0.2, 0) is 9.59 Å². The lowest BCUT2D eigenvalue weighted by Gasteiger charge is -2.63. The van der Waals surface area contributed by atoms with Gasteiger partial charge in [-0.25, -0.2) is 9.18 Å². The number of aromatic nitrogens is 3. The summed E-state index contributed by atoms with van der Waals surface area (Å²) in [4.78, 5) is 56.5. The highest BCUT2D eigenvalue weighted by Gasteiger charge is 2.64. The van der Waals surface area contributed by atoms with Gasteiger partial charge in [-0.1, -0.05) is 33.8 Å². The van der Waals surface area contributed by atoms with Crippen molar-refractivity contribution in [2.24, 2.45) is 10.8 Å². The molecule has 1 saturated carbocycles. The van der Waals surface area contributed by atoms with Gasteiger partial charge in [0.25, 0.3) is 12.4 Å². The summed E-state index contributed by atoms with van der Waals surface area (Å²) in [7, 11) is 0. The van der Waals surface area contributed by atoms with E-state index in [9.17, 15) is 24.8 Å². The number of imide groups is 1. The van der Waals surface area contributed by atoms with Crippen molar-refractivity contribution in [3.05, 3.63) is 90.0 Å². The summed E-state index contributed by atoms with van der Waals surface area (Å²) < 4.78 is 24.5. The quantitative estimate of drug-likeness (QED) is 0.125. The van der Waals surface area contributed by atoms with E-state index in [1.165, 1.54) is 6.07 Å². The number of pyridine rings is 1. The van der Waals surface area contributed by atoms with Gasteiger partial charge in [-0.2, -0.15) is 10.4 Å². The Morgan fingerprint density at radius 1 is 0.985 bits per heavy atom. The number of benzene rings is 3. The maximum Gasteiger partial charge on any atom is 0.328 e. The van der Waals surface area contributed by atoms with Crippen LogP contribution in [0.3, 0.4) is 0 Å². The first-order valence-electron chi connectivity index (χ1n) is 22.0. The standard InChI is InChI=1S/C47H52FN9O5.CH2O2/c1-45(2)42(46(3,4)43(45)62-38-13-11-30(26-49)40-32(38)7-6-19-50-40)53-41(59)29-10-12-37(34(48)25-29)55-23-17-47(61,18-24-55)28-54-20-14-31(15-21-54)57-36-9-5-8-35(33(36)27-51-57)56-22-16-39(58)52-44(56)60;2-1-3/h5-13,19,25,27,31,42-43,61H,14-18,20-24,28H2,1-4H3,(H,53,59)(H,52,58,60);1H,(H,2,3). The van der Waals surface area contributed by atoms with Gasteiger partial charge in [0.1, 0.15) is 23.7 Å². The predicted molar refractivity (Wildman–Crippen MR) is 241 cm³/mol.